The first kappa shape index (κ1) is 13.5. The molecule has 0 bridgehead atoms. The zero-order valence-corrected chi connectivity index (χ0v) is 11.7. The van der Waals surface area contributed by atoms with E-state index in [2.05, 4.69) is 4.98 Å². The molecule has 2 aromatic rings. The molecule has 5 nitrogen and oxygen atoms in total. The van der Waals surface area contributed by atoms with Crippen molar-refractivity contribution < 1.29 is 14.7 Å². The molecule has 0 saturated carbocycles. The predicted octanol–water partition coefficient (Wildman–Crippen LogP) is 2.23. The number of aryl methyl sites for hydroxylation is 1. The average molecular weight is 284 g/mol. The molecule has 1 saturated heterocycles. The van der Waals surface area contributed by atoms with Gasteiger partial charge in [0.25, 0.3) is 5.91 Å². The lowest BCUT2D eigenvalue weighted by molar-refractivity contribution is -0.141. The van der Waals surface area contributed by atoms with Crippen LogP contribution < -0.4 is 0 Å². The van der Waals surface area contributed by atoms with Crippen molar-refractivity contribution in [2.24, 2.45) is 0 Å². The first-order valence-corrected chi connectivity index (χ1v) is 6.97. The molecule has 1 aromatic carbocycles. The molecule has 1 unspecified atom stereocenters. The molecule has 2 heterocycles. The normalized spacial score (nSPS) is 18.1. The van der Waals surface area contributed by atoms with Crippen LogP contribution in [0.5, 0.6) is 0 Å². The molecule has 108 valence electrons. The fourth-order valence-electron chi connectivity index (χ4n) is 2.79. The predicted molar refractivity (Wildman–Crippen MR) is 78.2 cm³/mol. The molecule has 5 heteroatoms. The maximum absolute atomic E-state index is 12.5. The van der Waals surface area contributed by atoms with E-state index in [-0.39, 0.29) is 5.91 Å². The van der Waals surface area contributed by atoms with Gasteiger partial charge in [-0.1, -0.05) is 6.07 Å². The highest BCUT2D eigenvalue weighted by Gasteiger charge is 2.34. The SMILES string of the molecule is Cc1ccc2cc(C(=O)N3CCCC3C(=O)O)ccc2n1. The van der Waals surface area contributed by atoms with Gasteiger partial charge in [0.1, 0.15) is 6.04 Å². The summed E-state index contributed by atoms with van der Waals surface area (Å²) in [5.74, 6) is -1.15. The minimum absolute atomic E-state index is 0.220. The van der Waals surface area contributed by atoms with Crippen LogP contribution in [0.15, 0.2) is 30.3 Å². The number of fused-ring (bicyclic) bond motifs is 1. The third-order valence-corrected chi connectivity index (χ3v) is 3.87. The summed E-state index contributed by atoms with van der Waals surface area (Å²) in [6.07, 6.45) is 1.26. The van der Waals surface area contributed by atoms with E-state index in [1.54, 1.807) is 18.2 Å². The second-order valence-electron chi connectivity index (χ2n) is 5.35. The van der Waals surface area contributed by atoms with Crippen molar-refractivity contribution in [3.05, 3.63) is 41.6 Å². The first-order chi connectivity index (χ1) is 10.1. The van der Waals surface area contributed by atoms with E-state index in [1.165, 1.54) is 4.90 Å². The zero-order valence-electron chi connectivity index (χ0n) is 11.7. The molecule has 1 fully saturated rings. The van der Waals surface area contributed by atoms with E-state index in [4.69, 9.17) is 0 Å². The van der Waals surface area contributed by atoms with Crippen LogP contribution >= 0.6 is 0 Å². The fraction of sp³-hybridized carbons (Fsp3) is 0.312. The van der Waals surface area contributed by atoms with Gasteiger partial charge in [-0.15, -0.1) is 0 Å². The number of carboxylic acids is 1. The van der Waals surface area contributed by atoms with Crippen LogP contribution in [0.3, 0.4) is 0 Å². The Bertz CT molecular complexity index is 727. The van der Waals surface area contributed by atoms with E-state index in [0.717, 1.165) is 23.0 Å². The largest absolute Gasteiger partial charge is 0.480 e. The monoisotopic (exact) mass is 284 g/mol. The third-order valence-electron chi connectivity index (χ3n) is 3.87. The number of carbonyl (C=O) groups is 2. The number of rotatable bonds is 2. The maximum Gasteiger partial charge on any atom is 0.326 e. The van der Waals surface area contributed by atoms with Gasteiger partial charge in [-0.2, -0.15) is 0 Å². The molecule has 1 aliphatic rings. The molecule has 0 spiro atoms. The van der Waals surface area contributed by atoms with Gasteiger partial charge in [-0.05, 0) is 44.0 Å². The van der Waals surface area contributed by atoms with E-state index in [0.29, 0.717) is 18.5 Å². The molecule has 0 aliphatic carbocycles. The Balaban J connectivity index is 1.94. The van der Waals surface area contributed by atoms with Crippen LogP contribution in [0.1, 0.15) is 28.9 Å². The van der Waals surface area contributed by atoms with Gasteiger partial charge >= 0.3 is 5.97 Å². The number of hydrogen-bond donors (Lipinski definition) is 1. The van der Waals surface area contributed by atoms with Crippen molar-refractivity contribution in [1.82, 2.24) is 9.88 Å². The maximum atomic E-state index is 12.5. The lowest BCUT2D eigenvalue weighted by Crippen LogP contribution is -2.40. The van der Waals surface area contributed by atoms with E-state index < -0.39 is 12.0 Å². The van der Waals surface area contributed by atoms with E-state index in [9.17, 15) is 14.7 Å². The Morgan fingerprint density at radius 3 is 2.86 bits per heavy atom. The van der Waals surface area contributed by atoms with Crippen LogP contribution in [0.25, 0.3) is 10.9 Å². The Kier molecular flexibility index (Phi) is 3.33. The van der Waals surface area contributed by atoms with E-state index in [1.807, 2.05) is 19.1 Å². The topological polar surface area (TPSA) is 70.5 Å². The highest BCUT2D eigenvalue weighted by molar-refractivity contribution is 5.99. The van der Waals surface area contributed by atoms with Crippen molar-refractivity contribution in [3.8, 4) is 0 Å². The van der Waals surface area contributed by atoms with Crippen molar-refractivity contribution >= 4 is 22.8 Å². The van der Waals surface area contributed by atoms with Crippen molar-refractivity contribution in [3.63, 3.8) is 0 Å². The van der Waals surface area contributed by atoms with Gasteiger partial charge in [0.2, 0.25) is 0 Å². The Hall–Kier alpha value is -2.43. The first-order valence-electron chi connectivity index (χ1n) is 6.97. The number of amides is 1. The van der Waals surface area contributed by atoms with Gasteiger partial charge in [0.15, 0.2) is 0 Å². The van der Waals surface area contributed by atoms with Gasteiger partial charge in [0.05, 0.1) is 5.52 Å². The molecule has 3 rings (SSSR count). The number of likely N-dealkylation sites (tertiary alicyclic amines) is 1. The number of carboxylic acid groups (broad SMARTS) is 1. The van der Waals surface area contributed by atoms with Crippen LogP contribution in [0.2, 0.25) is 0 Å². The van der Waals surface area contributed by atoms with Crippen molar-refractivity contribution in [2.45, 2.75) is 25.8 Å². The van der Waals surface area contributed by atoms with Crippen molar-refractivity contribution in [2.75, 3.05) is 6.54 Å². The van der Waals surface area contributed by atoms with Gasteiger partial charge in [0, 0.05) is 23.2 Å². The summed E-state index contributed by atoms with van der Waals surface area (Å²) in [7, 11) is 0. The number of hydrogen-bond acceptors (Lipinski definition) is 3. The molecule has 1 amide bonds. The third kappa shape index (κ3) is 2.46. The summed E-state index contributed by atoms with van der Waals surface area (Å²) < 4.78 is 0. The summed E-state index contributed by atoms with van der Waals surface area (Å²) in [5, 5.41) is 10.1. The molecule has 0 radical (unpaired) electrons. The van der Waals surface area contributed by atoms with Gasteiger partial charge in [-0.3, -0.25) is 9.78 Å². The summed E-state index contributed by atoms with van der Waals surface area (Å²) in [6.45, 7) is 2.42. The number of nitrogens with zero attached hydrogens (tertiary/aromatic N) is 2. The second kappa shape index (κ2) is 5.16. The number of carbonyl (C=O) groups excluding carboxylic acids is 1. The molecule has 1 aliphatic heterocycles. The standard InChI is InChI=1S/C16H16N2O3/c1-10-4-5-11-9-12(6-7-13(11)17-10)15(19)18-8-2-3-14(18)16(20)21/h4-7,9,14H,2-3,8H2,1H3,(H,20,21). The van der Waals surface area contributed by atoms with Crippen LogP contribution in [-0.2, 0) is 4.79 Å². The average Bonchev–Trinajstić information content (AvgIpc) is 2.95. The molecule has 21 heavy (non-hydrogen) atoms. The van der Waals surface area contributed by atoms with Crippen molar-refractivity contribution in [1.29, 1.82) is 0 Å². The number of pyridine rings is 1. The Morgan fingerprint density at radius 2 is 2.10 bits per heavy atom. The van der Waals surface area contributed by atoms with Crippen LogP contribution in [-0.4, -0.2) is 39.5 Å². The van der Waals surface area contributed by atoms with Crippen LogP contribution in [0.4, 0.5) is 0 Å². The van der Waals surface area contributed by atoms with Gasteiger partial charge in [-0.25, -0.2) is 4.79 Å². The quantitative estimate of drug-likeness (QED) is 0.918. The number of benzene rings is 1. The smallest absolute Gasteiger partial charge is 0.326 e. The van der Waals surface area contributed by atoms with E-state index >= 15 is 0 Å². The minimum Gasteiger partial charge on any atom is -0.480 e. The molecule has 1 aromatic heterocycles. The summed E-state index contributed by atoms with van der Waals surface area (Å²) in [5.41, 5.74) is 2.27. The molecule has 1 N–H and O–H groups in total. The lowest BCUT2D eigenvalue weighted by atomic mass is 10.1. The lowest BCUT2D eigenvalue weighted by Gasteiger charge is -2.21. The summed E-state index contributed by atoms with van der Waals surface area (Å²) >= 11 is 0. The zero-order chi connectivity index (χ0) is 15.0. The molecular formula is C16H16N2O3. The minimum atomic E-state index is -0.932. The number of aromatic nitrogens is 1. The van der Waals surface area contributed by atoms with Gasteiger partial charge < -0.3 is 10.0 Å². The highest BCUT2D eigenvalue weighted by Crippen LogP contribution is 2.22. The Morgan fingerprint density at radius 1 is 1.29 bits per heavy atom. The Labute approximate surface area is 122 Å². The highest BCUT2D eigenvalue weighted by atomic mass is 16.4. The fourth-order valence-corrected chi connectivity index (χ4v) is 2.79. The second-order valence-corrected chi connectivity index (χ2v) is 5.35. The summed E-state index contributed by atoms with van der Waals surface area (Å²) in [4.78, 5) is 29.6. The summed E-state index contributed by atoms with van der Waals surface area (Å²) in [6, 6.07) is 8.42. The molecule has 1 atom stereocenters. The van der Waals surface area contributed by atoms with Crippen LogP contribution in [0, 0.1) is 6.92 Å². The number of aliphatic carboxylic acids is 1. The molecular weight excluding hydrogens is 268 g/mol.